The van der Waals surface area contributed by atoms with Crippen LogP contribution in [0.5, 0.6) is 5.75 Å². The second kappa shape index (κ2) is 7.71. The van der Waals surface area contributed by atoms with Crippen LogP contribution in [0.15, 0.2) is 24.3 Å². The van der Waals surface area contributed by atoms with Crippen LogP contribution in [0.25, 0.3) is 0 Å². The molecule has 4 heteroatoms. The molecule has 0 aliphatic carbocycles. The smallest absolute Gasteiger partial charge is 0.220 e. The molecule has 1 atom stereocenters. The summed E-state index contributed by atoms with van der Waals surface area (Å²) in [4.78, 5) is 11.4. The van der Waals surface area contributed by atoms with Gasteiger partial charge in [0.1, 0.15) is 5.75 Å². The van der Waals surface area contributed by atoms with Gasteiger partial charge in [-0.15, -0.1) is 0 Å². The van der Waals surface area contributed by atoms with Crippen LogP contribution in [0.1, 0.15) is 18.9 Å². The molecular weight excluding hydrogens is 230 g/mol. The van der Waals surface area contributed by atoms with E-state index in [1.54, 1.807) is 14.2 Å². The summed E-state index contributed by atoms with van der Waals surface area (Å²) in [6.45, 7) is 2.35. The van der Waals surface area contributed by atoms with Gasteiger partial charge >= 0.3 is 0 Å². The summed E-state index contributed by atoms with van der Waals surface area (Å²) in [6, 6.07) is 7.84. The Hall–Kier alpha value is -1.55. The molecular formula is C14H21NO3. The van der Waals surface area contributed by atoms with Gasteiger partial charge in [-0.2, -0.15) is 0 Å². The number of carbonyl (C=O) groups excluding carboxylic acids is 1. The van der Waals surface area contributed by atoms with Crippen molar-refractivity contribution in [2.24, 2.45) is 0 Å². The number of methoxy groups -OCH3 is 2. The molecule has 0 heterocycles. The van der Waals surface area contributed by atoms with E-state index in [-0.39, 0.29) is 11.9 Å². The molecule has 0 saturated heterocycles. The summed E-state index contributed by atoms with van der Waals surface area (Å²) in [5.41, 5.74) is 1.15. The molecule has 100 valence electrons. The maximum atomic E-state index is 11.4. The molecule has 0 saturated carbocycles. The number of nitrogens with one attached hydrogen (secondary N) is 1. The second-order valence-corrected chi connectivity index (χ2v) is 4.13. The first-order valence-corrected chi connectivity index (χ1v) is 6.10. The third kappa shape index (κ3) is 4.75. The number of benzene rings is 1. The lowest BCUT2D eigenvalue weighted by Crippen LogP contribution is -2.39. The van der Waals surface area contributed by atoms with Crippen LogP contribution < -0.4 is 10.1 Å². The number of carbonyl (C=O) groups is 1. The Labute approximate surface area is 108 Å². The van der Waals surface area contributed by atoms with Crippen molar-refractivity contribution in [3.8, 4) is 5.75 Å². The van der Waals surface area contributed by atoms with E-state index in [1.165, 1.54) is 0 Å². The Morgan fingerprint density at radius 3 is 2.44 bits per heavy atom. The first-order valence-electron chi connectivity index (χ1n) is 6.10. The van der Waals surface area contributed by atoms with E-state index in [0.717, 1.165) is 17.7 Å². The lowest BCUT2D eigenvalue weighted by molar-refractivity contribution is -0.121. The number of amides is 1. The number of hydrogen-bond donors (Lipinski definition) is 1. The van der Waals surface area contributed by atoms with E-state index < -0.39 is 0 Å². The fourth-order valence-electron chi connectivity index (χ4n) is 1.73. The van der Waals surface area contributed by atoms with Crippen LogP contribution in [0.3, 0.4) is 0 Å². The summed E-state index contributed by atoms with van der Waals surface area (Å²) in [5.74, 6) is 0.880. The zero-order chi connectivity index (χ0) is 13.4. The van der Waals surface area contributed by atoms with Crippen LogP contribution in [0, 0.1) is 0 Å². The average Bonchev–Trinajstić information content (AvgIpc) is 2.39. The standard InChI is InChI=1S/C14H21NO3/c1-4-14(16)15-12(10-17-2)9-11-5-7-13(18-3)8-6-11/h5-8,12H,4,9-10H2,1-3H3,(H,15,16)/t12-/m0/s1. The molecule has 0 bridgehead atoms. The lowest BCUT2D eigenvalue weighted by atomic mass is 10.1. The van der Waals surface area contributed by atoms with E-state index in [9.17, 15) is 4.79 Å². The van der Waals surface area contributed by atoms with Crippen molar-refractivity contribution in [1.29, 1.82) is 0 Å². The lowest BCUT2D eigenvalue weighted by Gasteiger charge is -2.17. The minimum atomic E-state index is 0.0100. The van der Waals surface area contributed by atoms with Gasteiger partial charge < -0.3 is 14.8 Å². The van der Waals surface area contributed by atoms with Crippen molar-refractivity contribution < 1.29 is 14.3 Å². The number of hydrogen-bond acceptors (Lipinski definition) is 3. The largest absolute Gasteiger partial charge is 0.497 e. The van der Waals surface area contributed by atoms with Crippen molar-refractivity contribution in [2.75, 3.05) is 20.8 Å². The Balaban J connectivity index is 2.60. The predicted octanol–water partition coefficient (Wildman–Crippen LogP) is 1.78. The van der Waals surface area contributed by atoms with Crippen LogP contribution in [0.4, 0.5) is 0 Å². The molecule has 0 unspecified atom stereocenters. The van der Waals surface area contributed by atoms with Crippen LogP contribution in [0.2, 0.25) is 0 Å². The number of ether oxygens (including phenoxy) is 2. The molecule has 1 aromatic carbocycles. The SMILES string of the molecule is CCC(=O)N[C@H](COC)Cc1ccc(OC)cc1. The molecule has 1 amide bonds. The first kappa shape index (κ1) is 14.5. The molecule has 0 spiro atoms. The van der Waals surface area contributed by atoms with Gasteiger partial charge in [0.05, 0.1) is 19.8 Å². The summed E-state index contributed by atoms with van der Waals surface area (Å²) in [5, 5.41) is 2.95. The van der Waals surface area contributed by atoms with Crippen molar-refractivity contribution >= 4 is 5.91 Å². The predicted molar refractivity (Wildman–Crippen MR) is 70.8 cm³/mol. The maximum Gasteiger partial charge on any atom is 0.220 e. The molecule has 0 aliphatic heterocycles. The fourth-order valence-corrected chi connectivity index (χ4v) is 1.73. The molecule has 0 fully saturated rings. The summed E-state index contributed by atoms with van der Waals surface area (Å²) < 4.78 is 10.2. The molecule has 1 aromatic rings. The van der Waals surface area contributed by atoms with Gasteiger partial charge in [-0.25, -0.2) is 0 Å². The highest BCUT2D eigenvalue weighted by molar-refractivity contribution is 5.75. The fraction of sp³-hybridized carbons (Fsp3) is 0.500. The van der Waals surface area contributed by atoms with Gasteiger partial charge in [-0.1, -0.05) is 19.1 Å². The molecule has 18 heavy (non-hydrogen) atoms. The highest BCUT2D eigenvalue weighted by Crippen LogP contribution is 2.12. The van der Waals surface area contributed by atoms with Gasteiger partial charge in [0.2, 0.25) is 5.91 Å². The molecule has 4 nitrogen and oxygen atoms in total. The van der Waals surface area contributed by atoms with Crippen molar-refractivity contribution in [3.63, 3.8) is 0 Å². The highest BCUT2D eigenvalue weighted by Gasteiger charge is 2.11. The van der Waals surface area contributed by atoms with Gasteiger partial charge in [0.25, 0.3) is 0 Å². The maximum absolute atomic E-state index is 11.4. The Bertz CT molecular complexity index is 362. The Morgan fingerprint density at radius 2 is 1.94 bits per heavy atom. The van der Waals surface area contributed by atoms with E-state index in [0.29, 0.717) is 13.0 Å². The zero-order valence-electron chi connectivity index (χ0n) is 11.2. The normalized spacial score (nSPS) is 11.9. The average molecular weight is 251 g/mol. The van der Waals surface area contributed by atoms with Gasteiger partial charge in [0, 0.05) is 13.5 Å². The quantitative estimate of drug-likeness (QED) is 0.803. The van der Waals surface area contributed by atoms with Crippen molar-refractivity contribution in [3.05, 3.63) is 29.8 Å². The van der Waals surface area contributed by atoms with Crippen LogP contribution in [-0.2, 0) is 16.0 Å². The Morgan fingerprint density at radius 1 is 1.28 bits per heavy atom. The Kier molecular flexibility index (Phi) is 6.22. The van der Waals surface area contributed by atoms with Crippen molar-refractivity contribution in [2.45, 2.75) is 25.8 Å². The molecule has 0 radical (unpaired) electrons. The molecule has 0 aromatic heterocycles. The third-order valence-electron chi connectivity index (χ3n) is 2.70. The van der Waals surface area contributed by atoms with Gasteiger partial charge in [-0.3, -0.25) is 4.79 Å². The monoisotopic (exact) mass is 251 g/mol. The minimum Gasteiger partial charge on any atom is -0.497 e. The van der Waals surface area contributed by atoms with Gasteiger partial charge in [0.15, 0.2) is 0 Å². The molecule has 1 N–H and O–H groups in total. The summed E-state index contributed by atoms with van der Waals surface area (Å²) >= 11 is 0. The molecule has 0 aliphatic rings. The van der Waals surface area contributed by atoms with E-state index in [2.05, 4.69) is 5.32 Å². The van der Waals surface area contributed by atoms with E-state index >= 15 is 0 Å². The van der Waals surface area contributed by atoms with E-state index in [4.69, 9.17) is 9.47 Å². The topological polar surface area (TPSA) is 47.6 Å². The van der Waals surface area contributed by atoms with E-state index in [1.807, 2.05) is 31.2 Å². The minimum absolute atomic E-state index is 0.0100. The van der Waals surface area contributed by atoms with Gasteiger partial charge in [-0.05, 0) is 24.1 Å². The number of rotatable bonds is 7. The third-order valence-corrected chi connectivity index (χ3v) is 2.70. The van der Waals surface area contributed by atoms with Crippen LogP contribution in [-0.4, -0.2) is 32.8 Å². The molecule has 1 rings (SSSR count). The van der Waals surface area contributed by atoms with Crippen LogP contribution >= 0.6 is 0 Å². The summed E-state index contributed by atoms with van der Waals surface area (Å²) in [7, 11) is 3.28. The summed E-state index contributed by atoms with van der Waals surface area (Å²) in [6.07, 6.45) is 1.24. The van der Waals surface area contributed by atoms with Crippen molar-refractivity contribution in [1.82, 2.24) is 5.32 Å². The second-order valence-electron chi connectivity index (χ2n) is 4.13. The highest BCUT2D eigenvalue weighted by atomic mass is 16.5. The first-order chi connectivity index (χ1) is 8.69. The zero-order valence-corrected chi connectivity index (χ0v) is 11.2.